The Kier molecular flexibility index (Phi) is 5.39. The number of nitro benzene ring substituents is 1. The molecule has 8 nitrogen and oxygen atoms in total. The van der Waals surface area contributed by atoms with E-state index < -0.39 is 4.92 Å². The van der Waals surface area contributed by atoms with Gasteiger partial charge >= 0.3 is 0 Å². The molecule has 0 saturated carbocycles. The van der Waals surface area contributed by atoms with Crippen LogP contribution in [0.5, 0.6) is 0 Å². The van der Waals surface area contributed by atoms with Crippen LogP contribution in [0.15, 0.2) is 41.1 Å². The van der Waals surface area contributed by atoms with E-state index in [0.29, 0.717) is 11.1 Å². The fourth-order valence-corrected chi connectivity index (χ4v) is 2.95. The summed E-state index contributed by atoms with van der Waals surface area (Å²) < 4.78 is 0.850. The standard InChI is InChI=1S/C15H15BrN6O2S/c16-11-9-17-14(18-10-11)20-5-7-21(8-6-20)15(25)19-12-1-3-13(4-2-12)22(23)24/h1-4,9-10H,5-8H2,(H,19,25). The van der Waals surface area contributed by atoms with E-state index in [9.17, 15) is 10.1 Å². The van der Waals surface area contributed by atoms with Crippen LogP contribution >= 0.6 is 28.1 Å². The number of nitro groups is 1. The molecule has 2 heterocycles. The highest BCUT2D eigenvalue weighted by Crippen LogP contribution is 2.17. The van der Waals surface area contributed by atoms with E-state index in [1.165, 1.54) is 12.1 Å². The second-order valence-corrected chi connectivity index (χ2v) is 6.71. The van der Waals surface area contributed by atoms with Crippen LogP contribution in [0.4, 0.5) is 17.3 Å². The molecule has 130 valence electrons. The topological polar surface area (TPSA) is 87.4 Å². The number of anilines is 2. The van der Waals surface area contributed by atoms with Gasteiger partial charge in [-0.25, -0.2) is 9.97 Å². The summed E-state index contributed by atoms with van der Waals surface area (Å²) in [6.07, 6.45) is 3.46. The van der Waals surface area contributed by atoms with Gasteiger partial charge in [-0.1, -0.05) is 0 Å². The van der Waals surface area contributed by atoms with E-state index >= 15 is 0 Å². The van der Waals surface area contributed by atoms with E-state index in [1.807, 2.05) is 0 Å². The van der Waals surface area contributed by atoms with Crippen molar-refractivity contribution in [2.24, 2.45) is 0 Å². The van der Waals surface area contributed by atoms with E-state index in [-0.39, 0.29) is 5.69 Å². The van der Waals surface area contributed by atoms with Crippen molar-refractivity contribution in [3.05, 3.63) is 51.2 Å². The Morgan fingerprint density at radius 1 is 1.16 bits per heavy atom. The molecule has 10 heteroatoms. The number of halogens is 1. The van der Waals surface area contributed by atoms with Crippen LogP contribution in [0.2, 0.25) is 0 Å². The van der Waals surface area contributed by atoms with Gasteiger partial charge in [-0.05, 0) is 40.3 Å². The molecule has 2 aromatic rings. The van der Waals surface area contributed by atoms with Crippen molar-refractivity contribution < 1.29 is 4.92 Å². The van der Waals surface area contributed by atoms with Gasteiger partial charge in [0, 0.05) is 56.4 Å². The van der Waals surface area contributed by atoms with Crippen LogP contribution < -0.4 is 10.2 Å². The summed E-state index contributed by atoms with van der Waals surface area (Å²) in [7, 11) is 0. The van der Waals surface area contributed by atoms with Gasteiger partial charge in [0.1, 0.15) is 0 Å². The van der Waals surface area contributed by atoms with Crippen molar-refractivity contribution in [1.29, 1.82) is 0 Å². The molecule has 0 spiro atoms. The number of non-ortho nitro benzene ring substituents is 1. The van der Waals surface area contributed by atoms with Gasteiger partial charge in [-0.3, -0.25) is 10.1 Å². The monoisotopic (exact) mass is 422 g/mol. The minimum Gasteiger partial charge on any atom is -0.345 e. The highest BCUT2D eigenvalue weighted by Gasteiger charge is 2.20. The molecule has 1 N–H and O–H groups in total. The zero-order valence-electron chi connectivity index (χ0n) is 13.1. The summed E-state index contributed by atoms with van der Waals surface area (Å²) in [5, 5.41) is 14.4. The summed E-state index contributed by atoms with van der Waals surface area (Å²) in [6, 6.07) is 6.20. The van der Waals surface area contributed by atoms with E-state index in [0.717, 1.165) is 36.3 Å². The van der Waals surface area contributed by atoms with E-state index in [1.54, 1.807) is 24.5 Å². The van der Waals surface area contributed by atoms with E-state index in [2.05, 4.69) is 41.0 Å². The summed E-state index contributed by atoms with van der Waals surface area (Å²) in [5.41, 5.74) is 0.786. The van der Waals surface area contributed by atoms with Gasteiger partial charge in [-0.2, -0.15) is 0 Å². The van der Waals surface area contributed by atoms with Crippen molar-refractivity contribution >= 4 is 50.6 Å². The molecule has 0 radical (unpaired) electrons. The zero-order valence-corrected chi connectivity index (χ0v) is 15.5. The highest BCUT2D eigenvalue weighted by molar-refractivity contribution is 9.10. The first-order valence-electron chi connectivity index (χ1n) is 7.56. The van der Waals surface area contributed by atoms with Crippen molar-refractivity contribution in [2.75, 3.05) is 36.4 Å². The van der Waals surface area contributed by atoms with Crippen LogP contribution in [0.25, 0.3) is 0 Å². The molecule has 1 fully saturated rings. The Balaban J connectivity index is 1.54. The number of piperazine rings is 1. The Morgan fingerprint density at radius 2 is 1.76 bits per heavy atom. The van der Waals surface area contributed by atoms with Gasteiger partial charge < -0.3 is 15.1 Å². The smallest absolute Gasteiger partial charge is 0.269 e. The molecule has 1 aromatic heterocycles. The third-order valence-corrected chi connectivity index (χ3v) is 4.56. The van der Waals surface area contributed by atoms with Crippen LogP contribution in [-0.2, 0) is 0 Å². The molecule has 3 rings (SSSR count). The number of hydrogen-bond acceptors (Lipinski definition) is 6. The highest BCUT2D eigenvalue weighted by atomic mass is 79.9. The Hall–Kier alpha value is -2.33. The predicted octanol–water partition coefficient (Wildman–Crippen LogP) is 2.67. The van der Waals surface area contributed by atoms with E-state index in [4.69, 9.17) is 12.2 Å². The lowest BCUT2D eigenvalue weighted by molar-refractivity contribution is -0.384. The van der Waals surface area contributed by atoms with Crippen molar-refractivity contribution in [1.82, 2.24) is 14.9 Å². The fraction of sp³-hybridized carbons (Fsp3) is 0.267. The Bertz CT molecular complexity index is 763. The molecule has 1 aliphatic heterocycles. The Morgan fingerprint density at radius 3 is 2.32 bits per heavy atom. The molecule has 0 atom stereocenters. The SMILES string of the molecule is O=[N+]([O-])c1ccc(NC(=S)N2CCN(c3ncc(Br)cn3)CC2)cc1. The van der Waals surface area contributed by atoms with Crippen molar-refractivity contribution in [3.8, 4) is 0 Å². The lowest BCUT2D eigenvalue weighted by Crippen LogP contribution is -2.50. The Labute approximate surface area is 158 Å². The molecule has 1 saturated heterocycles. The number of nitrogens with zero attached hydrogens (tertiary/aromatic N) is 5. The maximum atomic E-state index is 10.7. The van der Waals surface area contributed by atoms with Crippen molar-refractivity contribution in [2.45, 2.75) is 0 Å². The number of aromatic nitrogens is 2. The summed E-state index contributed by atoms with van der Waals surface area (Å²) in [4.78, 5) is 23.0. The lowest BCUT2D eigenvalue weighted by Gasteiger charge is -2.36. The summed E-state index contributed by atoms with van der Waals surface area (Å²) >= 11 is 8.77. The zero-order chi connectivity index (χ0) is 17.8. The molecular formula is C15H15BrN6O2S. The number of hydrogen-bond donors (Lipinski definition) is 1. The normalized spacial score (nSPS) is 14.3. The first-order valence-corrected chi connectivity index (χ1v) is 8.76. The molecule has 0 aliphatic carbocycles. The third kappa shape index (κ3) is 4.40. The largest absolute Gasteiger partial charge is 0.345 e. The maximum Gasteiger partial charge on any atom is 0.269 e. The first kappa shape index (κ1) is 17.5. The third-order valence-electron chi connectivity index (χ3n) is 3.79. The second-order valence-electron chi connectivity index (χ2n) is 5.41. The summed E-state index contributed by atoms with van der Waals surface area (Å²) in [6.45, 7) is 3.03. The molecule has 25 heavy (non-hydrogen) atoms. The molecule has 0 amide bonds. The van der Waals surface area contributed by atoms with Gasteiger partial charge in [0.2, 0.25) is 5.95 Å². The maximum absolute atomic E-state index is 10.7. The quantitative estimate of drug-likeness (QED) is 0.458. The van der Waals surface area contributed by atoms with Crippen LogP contribution in [0, 0.1) is 10.1 Å². The molecule has 1 aromatic carbocycles. The van der Waals surface area contributed by atoms with Crippen LogP contribution in [-0.4, -0.2) is 51.1 Å². The lowest BCUT2D eigenvalue weighted by atomic mass is 10.3. The number of rotatable bonds is 3. The molecule has 0 unspecified atom stereocenters. The molecule has 1 aliphatic rings. The second kappa shape index (κ2) is 7.70. The minimum absolute atomic E-state index is 0.0552. The minimum atomic E-state index is -0.425. The fourth-order valence-electron chi connectivity index (χ4n) is 2.45. The van der Waals surface area contributed by atoms with Gasteiger partial charge in [0.15, 0.2) is 5.11 Å². The van der Waals surface area contributed by atoms with Crippen LogP contribution in [0.3, 0.4) is 0 Å². The average Bonchev–Trinajstić information content (AvgIpc) is 2.63. The summed E-state index contributed by atoms with van der Waals surface area (Å²) in [5.74, 6) is 0.706. The molecule has 0 bridgehead atoms. The number of nitrogens with one attached hydrogen (secondary N) is 1. The van der Waals surface area contributed by atoms with Gasteiger partial charge in [0.05, 0.1) is 9.40 Å². The van der Waals surface area contributed by atoms with Gasteiger partial charge in [-0.15, -0.1) is 0 Å². The first-order chi connectivity index (χ1) is 12.0. The average molecular weight is 423 g/mol. The number of benzene rings is 1. The van der Waals surface area contributed by atoms with Crippen LogP contribution in [0.1, 0.15) is 0 Å². The molecular weight excluding hydrogens is 408 g/mol. The van der Waals surface area contributed by atoms with Gasteiger partial charge in [0.25, 0.3) is 5.69 Å². The number of thiocarbonyl (C=S) groups is 1. The van der Waals surface area contributed by atoms with Crippen molar-refractivity contribution in [3.63, 3.8) is 0 Å². The predicted molar refractivity (Wildman–Crippen MR) is 103 cm³/mol.